The molecule has 0 spiro atoms. The Morgan fingerprint density at radius 2 is 2.27 bits per heavy atom. The van der Waals surface area contributed by atoms with E-state index >= 15 is 0 Å². The van der Waals surface area contributed by atoms with Crippen molar-refractivity contribution in [3.8, 4) is 5.75 Å². The molecule has 6 heteroatoms. The predicted molar refractivity (Wildman–Crippen MR) is 101 cm³/mol. The van der Waals surface area contributed by atoms with Gasteiger partial charge in [-0.2, -0.15) is 0 Å². The van der Waals surface area contributed by atoms with Crippen LogP contribution in [0.5, 0.6) is 5.75 Å². The normalized spacial score (nSPS) is 18.3. The van der Waals surface area contributed by atoms with E-state index in [4.69, 9.17) is 9.72 Å². The highest BCUT2D eigenvalue weighted by Gasteiger charge is 2.29. The van der Waals surface area contributed by atoms with E-state index in [1.54, 1.807) is 11.3 Å². The number of Topliss-reactive ketones (excluding diaryl/α,β-unsaturated/α-hetero) is 1. The fourth-order valence-corrected chi connectivity index (χ4v) is 4.36. The van der Waals surface area contributed by atoms with Gasteiger partial charge in [0.05, 0.1) is 24.9 Å². The van der Waals surface area contributed by atoms with Crippen molar-refractivity contribution in [1.29, 1.82) is 0 Å². The zero-order chi connectivity index (χ0) is 18.7. The van der Waals surface area contributed by atoms with Crippen LogP contribution in [0.3, 0.4) is 0 Å². The van der Waals surface area contributed by atoms with Crippen molar-refractivity contribution in [1.82, 2.24) is 9.88 Å². The molecule has 1 aliphatic heterocycles. The van der Waals surface area contributed by atoms with Crippen molar-refractivity contribution in [2.24, 2.45) is 5.92 Å². The summed E-state index contributed by atoms with van der Waals surface area (Å²) in [5.41, 5.74) is 1.47. The highest BCUT2D eigenvalue weighted by atomic mass is 32.1. The van der Waals surface area contributed by atoms with E-state index in [1.165, 1.54) is 25.3 Å². The second-order valence-corrected chi connectivity index (χ2v) is 8.05. The van der Waals surface area contributed by atoms with Gasteiger partial charge in [0.25, 0.3) is 0 Å². The second kappa shape index (κ2) is 8.27. The smallest absolute Gasteiger partial charge is 0.171 e. The summed E-state index contributed by atoms with van der Waals surface area (Å²) in [5.74, 6) is 0.286. The van der Waals surface area contributed by atoms with E-state index in [0.717, 1.165) is 36.6 Å². The molecule has 140 valence electrons. The molecule has 0 saturated carbocycles. The van der Waals surface area contributed by atoms with E-state index in [-0.39, 0.29) is 11.7 Å². The van der Waals surface area contributed by atoms with Crippen molar-refractivity contribution in [2.75, 3.05) is 20.2 Å². The van der Waals surface area contributed by atoms with E-state index < -0.39 is 5.82 Å². The van der Waals surface area contributed by atoms with Crippen molar-refractivity contribution < 1.29 is 13.9 Å². The Morgan fingerprint density at radius 1 is 1.46 bits per heavy atom. The number of rotatable bonds is 6. The number of methoxy groups -OCH3 is 1. The van der Waals surface area contributed by atoms with Crippen LogP contribution in [0.4, 0.5) is 4.39 Å². The largest absolute Gasteiger partial charge is 0.496 e. The summed E-state index contributed by atoms with van der Waals surface area (Å²) < 4.78 is 18.9. The molecule has 0 unspecified atom stereocenters. The number of aromatic nitrogens is 1. The molecule has 2 aromatic rings. The Balaban J connectivity index is 1.69. The van der Waals surface area contributed by atoms with Crippen molar-refractivity contribution in [3.05, 3.63) is 45.7 Å². The summed E-state index contributed by atoms with van der Waals surface area (Å²) in [6.45, 7) is 6.68. The lowest BCUT2D eigenvalue weighted by Crippen LogP contribution is -2.38. The first-order valence-electron chi connectivity index (χ1n) is 9.02. The number of hydrogen-bond acceptors (Lipinski definition) is 5. The third-order valence-corrected chi connectivity index (χ3v) is 5.68. The molecule has 3 rings (SSSR count). The first kappa shape index (κ1) is 19.0. The molecule has 1 aromatic heterocycles. The number of likely N-dealkylation sites (tertiary alicyclic amines) is 1. The van der Waals surface area contributed by atoms with Crippen LogP contribution >= 0.6 is 11.3 Å². The highest BCUT2D eigenvalue weighted by molar-refractivity contribution is 7.09. The Bertz CT molecular complexity index is 775. The van der Waals surface area contributed by atoms with Gasteiger partial charge in [0.2, 0.25) is 0 Å². The molecule has 1 saturated heterocycles. The maximum Gasteiger partial charge on any atom is 0.171 e. The SMILES string of the molecule is COc1ccc(F)cc1C(=O)[C@@H]1CCCN(Cc2nc(C(C)C)cs2)C1. The highest BCUT2D eigenvalue weighted by Crippen LogP contribution is 2.28. The number of piperidine rings is 1. The zero-order valence-corrected chi connectivity index (χ0v) is 16.3. The van der Waals surface area contributed by atoms with Gasteiger partial charge in [-0.05, 0) is 43.5 Å². The van der Waals surface area contributed by atoms with Crippen LogP contribution in [0.25, 0.3) is 0 Å². The number of carbonyl (C=O) groups is 1. The molecular formula is C20H25FN2O2S. The zero-order valence-electron chi connectivity index (χ0n) is 15.5. The first-order valence-corrected chi connectivity index (χ1v) is 9.90. The van der Waals surface area contributed by atoms with Crippen LogP contribution < -0.4 is 4.74 Å². The van der Waals surface area contributed by atoms with Crippen LogP contribution in [0, 0.1) is 11.7 Å². The fraction of sp³-hybridized carbons (Fsp3) is 0.500. The molecule has 4 nitrogen and oxygen atoms in total. The Morgan fingerprint density at radius 3 is 2.96 bits per heavy atom. The van der Waals surface area contributed by atoms with Gasteiger partial charge in [0, 0.05) is 17.8 Å². The molecule has 0 radical (unpaired) electrons. The molecular weight excluding hydrogens is 351 g/mol. The molecule has 1 atom stereocenters. The van der Waals surface area contributed by atoms with Crippen LogP contribution in [-0.2, 0) is 6.54 Å². The van der Waals surface area contributed by atoms with Gasteiger partial charge < -0.3 is 4.74 Å². The van der Waals surface area contributed by atoms with Crippen molar-refractivity contribution >= 4 is 17.1 Å². The fourth-order valence-electron chi connectivity index (χ4n) is 3.36. The van der Waals surface area contributed by atoms with Crippen LogP contribution in [0.2, 0.25) is 0 Å². The number of nitrogens with zero attached hydrogens (tertiary/aromatic N) is 2. The number of ether oxygens (including phenoxy) is 1. The summed E-state index contributed by atoms with van der Waals surface area (Å²) in [6, 6.07) is 4.12. The van der Waals surface area contributed by atoms with Gasteiger partial charge in [-0.1, -0.05) is 13.8 Å². The van der Waals surface area contributed by atoms with Gasteiger partial charge in [-0.3, -0.25) is 9.69 Å². The summed E-state index contributed by atoms with van der Waals surface area (Å²) >= 11 is 1.68. The van der Waals surface area contributed by atoms with Gasteiger partial charge >= 0.3 is 0 Å². The third-order valence-electron chi connectivity index (χ3n) is 4.82. The third kappa shape index (κ3) is 4.30. The molecule has 0 aliphatic carbocycles. The van der Waals surface area contributed by atoms with Crippen molar-refractivity contribution in [2.45, 2.75) is 39.2 Å². The second-order valence-electron chi connectivity index (χ2n) is 7.10. The number of ketones is 1. The minimum absolute atomic E-state index is 0.0342. The molecule has 1 aromatic carbocycles. The number of halogens is 1. The van der Waals surface area contributed by atoms with Gasteiger partial charge in [-0.15, -0.1) is 11.3 Å². The van der Waals surface area contributed by atoms with E-state index in [9.17, 15) is 9.18 Å². The standard InChI is InChI=1S/C20H25FN2O2S/c1-13(2)17-12-26-19(22-17)11-23-8-4-5-14(10-23)20(24)16-9-15(21)6-7-18(16)25-3/h6-7,9,12-14H,4-5,8,10-11H2,1-3H3/t14-/m1/s1. The topological polar surface area (TPSA) is 42.4 Å². The number of thiazole rings is 1. The monoisotopic (exact) mass is 376 g/mol. The number of hydrogen-bond donors (Lipinski definition) is 0. The summed E-state index contributed by atoms with van der Waals surface area (Å²) in [7, 11) is 1.51. The Labute approximate surface area is 158 Å². The van der Waals surface area contributed by atoms with Crippen molar-refractivity contribution in [3.63, 3.8) is 0 Å². The lowest BCUT2D eigenvalue weighted by atomic mass is 9.89. The van der Waals surface area contributed by atoms with Crippen LogP contribution in [0.1, 0.15) is 53.7 Å². The average Bonchev–Trinajstić information content (AvgIpc) is 3.10. The quantitative estimate of drug-likeness (QED) is 0.696. The maximum atomic E-state index is 13.6. The number of benzene rings is 1. The minimum atomic E-state index is -0.411. The van der Waals surface area contributed by atoms with E-state index in [2.05, 4.69) is 24.1 Å². The Hall–Kier alpha value is -1.79. The van der Waals surface area contributed by atoms with Crippen LogP contribution in [-0.4, -0.2) is 35.9 Å². The molecule has 0 amide bonds. The predicted octanol–water partition coefficient (Wildman–Crippen LogP) is 4.51. The molecule has 1 fully saturated rings. The van der Waals surface area contributed by atoms with Gasteiger partial charge in [0.1, 0.15) is 16.6 Å². The van der Waals surface area contributed by atoms with Crippen LogP contribution in [0.15, 0.2) is 23.6 Å². The Kier molecular flexibility index (Phi) is 6.04. The molecule has 0 bridgehead atoms. The number of carbonyl (C=O) groups excluding carboxylic acids is 1. The average molecular weight is 376 g/mol. The lowest BCUT2D eigenvalue weighted by Gasteiger charge is -2.31. The molecule has 1 aliphatic rings. The first-order chi connectivity index (χ1) is 12.5. The summed E-state index contributed by atoms with van der Waals surface area (Å²) in [4.78, 5) is 19.9. The van der Waals surface area contributed by atoms with Gasteiger partial charge in [0.15, 0.2) is 5.78 Å². The lowest BCUT2D eigenvalue weighted by molar-refractivity contribution is 0.0808. The maximum absolute atomic E-state index is 13.6. The molecule has 2 heterocycles. The van der Waals surface area contributed by atoms with E-state index in [1.807, 2.05) is 0 Å². The molecule has 26 heavy (non-hydrogen) atoms. The van der Waals surface area contributed by atoms with E-state index in [0.29, 0.717) is 23.8 Å². The molecule has 0 N–H and O–H groups in total. The minimum Gasteiger partial charge on any atom is -0.496 e. The summed E-state index contributed by atoms with van der Waals surface area (Å²) in [6.07, 6.45) is 1.78. The summed E-state index contributed by atoms with van der Waals surface area (Å²) in [5, 5.41) is 3.20. The van der Waals surface area contributed by atoms with Gasteiger partial charge in [-0.25, -0.2) is 9.37 Å².